The molecular formula is C20H20N2O2. The highest BCUT2D eigenvalue weighted by Crippen LogP contribution is 2.28. The molecule has 4 rings (SSSR count). The van der Waals surface area contributed by atoms with Crippen molar-refractivity contribution in [3.8, 4) is 0 Å². The van der Waals surface area contributed by atoms with Crippen LogP contribution in [0.25, 0.3) is 0 Å². The Morgan fingerprint density at radius 3 is 2.62 bits per heavy atom. The van der Waals surface area contributed by atoms with Crippen molar-refractivity contribution in [1.82, 2.24) is 5.32 Å². The third-order valence-electron chi connectivity index (χ3n) is 4.99. The van der Waals surface area contributed by atoms with E-state index in [4.69, 9.17) is 0 Å². The SMILES string of the molecule is CCc1ccc2c(c1)C(=O)N(c1ccc3c(c1)C(=O)NCC3)CC2. The van der Waals surface area contributed by atoms with Gasteiger partial charge < -0.3 is 10.2 Å². The highest BCUT2D eigenvalue weighted by Gasteiger charge is 2.27. The van der Waals surface area contributed by atoms with Crippen LogP contribution in [0, 0.1) is 0 Å². The molecule has 1 N–H and O–H groups in total. The van der Waals surface area contributed by atoms with Gasteiger partial charge in [0.25, 0.3) is 11.8 Å². The number of fused-ring (bicyclic) bond motifs is 2. The molecule has 2 heterocycles. The van der Waals surface area contributed by atoms with Gasteiger partial charge in [0, 0.05) is 29.9 Å². The first-order chi connectivity index (χ1) is 11.7. The molecule has 2 aliphatic rings. The molecule has 0 aliphatic carbocycles. The van der Waals surface area contributed by atoms with Crippen molar-refractivity contribution in [1.29, 1.82) is 0 Å². The molecule has 122 valence electrons. The van der Waals surface area contributed by atoms with Crippen molar-refractivity contribution < 1.29 is 9.59 Å². The van der Waals surface area contributed by atoms with Gasteiger partial charge in [0.15, 0.2) is 0 Å². The molecule has 0 atom stereocenters. The van der Waals surface area contributed by atoms with E-state index in [2.05, 4.69) is 24.4 Å². The minimum absolute atomic E-state index is 0.0303. The Morgan fingerprint density at radius 1 is 1.00 bits per heavy atom. The van der Waals surface area contributed by atoms with Gasteiger partial charge in [0.2, 0.25) is 0 Å². The smallest absolute Gasteiger partial charge is 0.258 e. The van der Waals surface area contributed by atoms with Crippen molar-refractivity contribution in [2.75, 3.05) is 18.0 Å². The number of rotatable bonds is 2. The number of nitrogens with zero attached hydrogens (tertiary/aromatic N) is 1. The van der Waals surface area contributed by atoms with E-state index in [1.54, 1.807) is 4.90 Å². The van der Waals surface area contributed by atoms with Crippen molar-refractivity contribution >= 4 is 17.5 Å². The quantitative estimate of drug-likeness (QED) is 0.925. The summed E-state index contributed by atoms with van der Waals surface area (Å²) in [5, 5.41) is 2.87. The number of hydrogen-bond acceptors (Lipinski definition) is 2. The summed E-state index contributed by atoms with van der Waals surface area (Å²) in [4.78, 5) is 26.8. The molecule has 4 heteroatoms. The van der Waals surface area contributed by atoms with Gasteiger partial charge in [-0.2, -0.15) is 0 Å². The van der Waals surface area contributed by atoms with E-state index < -0.39 is 0 Å². The predicted octanol–water partition coefficient (Wildman–Crippen LogP) is 2.74. The molecule has 4 nitrogen and oxygen atoms in total. The van der Waals surface area contributed by atoms with E-state index in [0.717, 1.165) is 41.6 Å². The van der Waals surface area contributed by atoms with Crippen LogP contribution in [0.4, 0.5) is 5.69 Å². The van der Waals surface area contributed by atoms with E-state index in [1.165, 1.54) is 5.56 Å². The van der Waals surface area contributed by atoms with Gasteiger partial charge >= 0.3 is 0 Å². The Balaban J connectivity index is 1.71. The highest BCUT2D eigenvalue weighted by atomic mass is 16.2. The Kier molecular flexibility index (Phi) is 3.60. The summed E-state index contributed by atoms with van der Waals surface area (Å²) in [6.45, 7) is 3.42. The van der Waals surface area contributed by atoms with Gasteiger partial charge in [-0.3, -0.25) is 9.59 Å². The molecule has 2 aromatic carbocycles. The summed E-state index contributed by atoms with van der Waals surface area (Å²) >= 11 is 0. The second-order valence-corrected chi connectivity index (χ2v) is 6.40. The maximum atomic E-state index is 13.0. The summed E-state index contributed by atoms with van der Waals surface area (Å²) in [5.74, 6) is -0.0149. The van der Waals surface area contributed by atoms with Crippen LogP contribution >= 0.6 is 0 Å². The lowest BCUT2D eigenvalue weighted by atomic mass is 9.94. The average molecular weight is 320 g/mol. The van der Waals surface area contributed by atoms with Crippen molar-refractivity contribution in [2.24, 2.45) is 0 Å². The molecule has 0 aromatic heterocycles. The lowest BCUT2D eigenvalue weighted by Crippen LogP contribution is -2.38. The summed E-state index contributed by atoms with van der Waals surface area (Å²) < 4.78 is 0. The number of carbonyl (C=O) groups is 2. The van der Waals surface area contributed by atoms with E-state index in [9.17, 15) is 9.59 Å². The van der Waals surface area contributed by atoms with E-state index in [0.29, 0.717) is 18.7 Å². The minimum Gasteiger partial charge on any atom is -0.352 e. The van der Waals surface area contributed by atoms with Gasteiger partial charge in [-0.05, 0) is 54.2 Å². The van der Waals surface area contributed by atoms with E-state index >= 15 is 0 Å². The minimum atomic E-state index is -0.0452. The second-order valence-electron chi connectivity index (χ2n) is 6.40. The Bertz CT molecular complexity index is 842. The zero-order chi connectivity index (χ0) is 16.7. The zero-order valence-electron chi connectivity index (χ0n) is 13.8. The predicted molar refractivity (Wildman–Crippen MR) is 93.7 cm³/mol. The van der Waals surface area contributed by atoms with Gasteiger partial charge in [-0.25, -0.2) is 0 Å². The summed E-state index contributed by atoms with van der Waals surface area (Å²) in [6, 6.07) is 12.0. The maximum absolute atomic E-state index is 13.0. The molecule has 2 aliphatic heterocycles. The molecule has 0 radical (unpaired) electrons. The molecular weight excluding hydrogens is 300 g/mol. The summed E-state index contributed by atoms with van der Waals surface area (Å²) in [6.07, 6.45) is 2.60. The average Bonchev–Trinajstić information content (AvgIpc) is 2.62. The van der Waals surface area contributed by atoms with Crippen LogP contribution in [0.2, 0.25) is 0 Å². The van der Waals surface area contributed by atoms with Crippen molar-refractivity contribution in [3.05, 3.63) is 64.2 Å². The number of nitrogens with one attached hydrogen (secondary N) is 1. The molecule has 0 spiro atoms. The van der Waals surface area contributed by atoms with Crippen molar-refractivity contribution in [2.45, 2.75) is 26.2 Å². The number of aryl methyl sites for hydroxylation is 1. The lowest BCUT2D eigenvalue weighted by molar-refractivity contribution is 0.0942. The zero-order valence-corrected chi connectivity index (χ0v) is 13.8. The van der Waals surface area contributed by atoms with Crippen LogP contribution in [0.15, 0.2) is 36.4 Å². The summed E-state index contributed by atoms with van der Waals surface area (Å²) in [7, 11) is 0. The van der Waals surface area contributed by atoms with Gasteiger partial charge in [0.05, 0.1) is 0 Å². The fraction of sp³-hybridized carbons (Fsp3) is 0.300. The van der Waals surface area contributed by atoms with Crippen LogP contribution < -0.4 is 10.2 Å². The van der Waals surface area contributed by atoms with Crippen LogP contribution in [0.1, 0.15) is 44.3 Å². The monoisotopic (exact) mass is 320 g/mol. The molecule has 0 fully saturated rings. The highest BCUT2D eigenvalue weighted by molar-refractivity contribution is 6.09. The molecule has 0 unspecified atom stereocenters. The number of amides is 2. The first-order valence-corrected chi connectivity index (χ1v) is 8.52. The lowest BCUT2D eigenvalue weighted by Gasteiger charge is -2.30. The van der Waals surface area contributed by atoms with Crippen molar-refractivity contribution in [3.63, 3.8) is 0 Å². The van der Waals surface area contributed by atoms with E-state index in [-0.39, 0.29) is 11.8 Å². The van der Waals surface area contributed by atoms with Crippen LogP contribution in [-0.4, -0.2) is 24.9 Å². The number of hydrogen-bond donors (Lipinski definition) is 1. The molecule has 24 heavy (non-hydrogen) atoms. The summed E-state index contributed by atoms with van der Waals surface area (Å²) in [5.41, 5.74) is 5.64. The van der Waals surface area contributed by atoms with Crippen LogP contribution in [0.5, 0.6) is 0 Å². The second kappa shape index (κ2) is 5.78. The molecule has 2 amide bonds. The molecule has 0 saturated heterocycles. The maximum Gasteiger partial charge on any atom is 0.258 e. The Labute approximate surface area is 141 Å². The molecule has 0 saturated carbocycles. The topological polar surface area (TPSA) is 49.4 Å². The number of anilines is 1. The Hall–Kier alpha value is -2.62. The van der Waals surface area contributed by atoms with E-state index in [1.807, 2.05) is 24.3 Å². The molecule has 0 bridgehead atoms. The third kappa shape index (κ3) is 2.39. The first-order valence-electron chi connectivity index (χ1n) is 8.52. The van der Waals surface area contributed by atoms with Gasteiger partial charge in [0.1, 0.15) is 0 Å². The number of carbonyl (C=O) groups excluding carboxylic acids is 2. The largest absolute Gasteiger partial charge is 0.352 e. The van der Waals surface area contributed by atoms with Crippen LogP contribution in [-0.2, 0) is 19.3 Å². The fourth-order valence-corrected chi connectivity index (χ4v) is 3.55. The molecule has 2 aromatic rings. The fourth-order valence-electron chi connectivity index (χ4n) is 3.55. The van der Waals surface area contributed by atoms with Crippen LogP contribution in [0.3, 0.4) is 0 Å². The van der Waals surface area contributed by atoms with Gasteiger partial charge in [-0.15, -0.1) is 0 Å². The first kappa shape index (κ1) is 14.9. The van der Waals surface area contributed by atoms with Gasteiger partial charge in [-0.1, -0.05) is 25.1 Å². The standard InChI is InChI=1S/C20H20N2O2/c1-2-13-3-4-15-8-10-22(20(24)18(15)11-13)16-6-5-14-7-9-21-19(23)17(14)12-16/h3-6,11-12H,2,7-10H2,1H3,(H,21,23). The normalized spacial score (nSPS) is 16.5. The Morgan fingerprint density at radius 2 is 1.79 bits per heavy atom. The number of benzene rings is 2. The third-order valence-corrected chi connectivity index (χ3v) is 4.99.